The van der Waals surface area contributed by atoms with Gasteiger partial charge in [0.15, 0.2) is 0 Å². The fraction of sp³-hybridized carbons (Fsp3) is 0.750. The van der Waals surface area contributed by atoms with Crippen LogP contribution in [-0.2, 0) is 14.3 Å². The number of methoxy groups -OCH3 is 1. The summed E-state index contributed by atoms with van der Waals surface area (Å²) in [4.78, 5) is 19.6. The Bertz CT molecular complexity index is 282. The number of carbonyl (C=O) groups excluding carboxylic acids is 1. The molecule has 1 aliphatic rings. The second-order valence-corrected chi connectivity index (χ2v) is 3.24. The van der Waals surface area contributed by atoms with Crippen LogP contribution in [-0.4, -0.2) is 49.5 Å². The van der Waals surface area contributed by atoms with Gasteiger partial charge in [0.25, 0.3) is 0 Å². The van der Waals surface area contributed by atoms with E-state index >= 15 is 0 Å². The molecule has 1 rings (SSSR count). The Balaban J connectivity index is 0.000000325. The van der Waals surface area contributed by atoms with E-state index in [2.05, 4.69) is 5.32 Å². The third-order valence-electron chi connectivity index (χ3n) is 2.07. The van der Waals surface area contributed by atoms with Gasteiger partial charge in [0, 0.05) is 20.2 Å². The number of aliphatic carboxylic acids is 1. The van der Waals surface area contributed by atoms with Crippen LogP contribution in [0.2, 0.25) is 0 Å². The summed E-state index contributed by atoms with van der Waals surface area (Å²) in [6.45, 7) is 1.37. The van der Waals surface area contributed by atoms with Crippen LogP contribution in [0.25, 0.3) is 0 Å². The second kappa shape index (κ2) is 6.40. The molecule has 9 heteroatoms. The van der Waals surface area contributed by atoms with Crippen molar-refractivity contribution in [2.45, 2.75) is 12.3 Å². The lowest BCUT2D eigenvalue weighted by molar-refractivity contribution is -0.192. The highest BCUT2D eigenvalue weighted by atomic mass is 19.4. The number of rotatable bonds is 2. The molecule has 0 unspecified atom stereocenters. The zero-order valence-corrected chi connectivity index (χ0v) is 8.95. The molecule has 6 nitrogen and oxygen atoms in total. The van der Waals surface area contributed by atoms with Gasteiger partial charge >= 0.3 is 12.1 Å². The maximum absolute atomic E-state index is 10.7. The first kappa shape index (κ1) is 15.7. The van der Waals surface area contributed by atoms with Crippen LogP contribution in [0.15, 0.2) is 0 Å². The number of carbonyl (C=O) groups is 2. The first-order chi connectivity index (χ1) is 7.70. The maximum Gasteiger partial charge on any atom is 0.490 e. The molecule has 0 radical (unpaired) electrons. The zero-order valence-electron chi connectivity index (χ0n) is 8.95. The van der Waals surface area contributed by atoms with E-state index in [4.69, 9.17) is 20.4 Å². The van der Waals surface area contributed by atoms with E-state index in [0.29, 0.717) is 6.54 Å². The number of carboxylic acid groups (broad SMARTS) is 1. The van der Waals surface area contributed by atoms with Crippen LogP contribution in [0.4, 0.5) is 13.2 Å². The average molecular weight is 258 g/mol. The van der Waals surface area contributed by atoms with Gasteiger partial charge in [-0.3, -0.25) is 4.79 Å². The molecule has 0 aromatic carbocycles. The Morgan fingerprint density at radius 1 is 1.41 bits per heavy atom. The predicted molar refractivity (Wildman–Crippen MR) is 50.0 cm³/mol. The molecule has 4 N–H and O–H groups in total. The Labute approximate surface area is 94.9 Å². The Kier molecular flexibility index (Phi) is 5.89. The van der Waals surface area contributed by atoms with Crippen molar-refractivity contribution in [3.8, 4) is 0 Å². The van der Waals surface area contributed by atoms with Crippen molar-refractivity contribution in [3.63, 3.8) is 0 Å². The van der Waals surface area contributed by atoms with E-state index in [1.165, 1.54) is 0 Å². The molecule has 1 aliphatic heterocycles. The fourth-order valence-corrected chi connectivity index (χ4v) is 1.19. The molecule has 0 aromatic heterocycles. The summed E-state index contributed by atoms with van der Waals surface area (Å²) < 4.78 is 36.8. The predicted octanol–water partition coefficient (Wildman–Crippen LogP) is -0.661. The second-order valence-electron chi connectivity index (χ2n) is 3.24. The lowest BCUT2D eigenvalue weighted by atomic mass is 10.1. The molecular formula is C8H13F3N2O4. The number of alkyl halides is 3. The minimum atomic E-state index is -5.08. The summed E-state index contributed by atoms with van der Waals surface area (Å²) in [6, 6.07) is 0. The molecule has 17 heavy (non-hydrogen) atoms. The quantitative estimate of drug-likeness (QED) is 0.610. The summed E-state index contributed by atoms with van der Waals surface area (Å²) in [7, 11) is 1.59. The Morgan fingerprint density at radius 3 is 2.12 bits per heavy atom. The van der Waals surface area contributed by atoms with Crippen LogP contribution < -0.4 is 11.1 Å². The van der Waals surface area contributed by atoms with Gasteiger partial charge in [-0.25, -0.2) is 4.79 Å². The molecule has 1 amide bonds. The Hall–Kier alpha value is -1.35. The van der Waals surface area contributed by atoms with Crippen LogP contribution in [0.5, 0.6) is 0 Å². The summed E-state index contributed by atoms with van der Waals surface area (Å²) in [6.07, 6.45) is -5.11. The normalized spacial score (nSPS) is 23.8. The number of amides is 1. The van der Waals surface area contributed by atoms with Gasteiger partial charge in [-0.1, -0.05) is 0 Å². The SMILES string of the molecule is CO[C@@H]1CNC[C@@H]1C(N)=O.O=C(O)C(F)(F)F. The average Bonchev–Trinajstić information content (AvgIpc) is 2.64. The summed E-state index contributed by atoms with van der Waals surface area (Å²) in [5.74, 6) is -3.19. The lowest BCUT2D eigenvalue weighted by Crippen LogP contribution is -2.33. The minimum Gasteiger partial charge on any atom is -0.475 e. The largest absolute Gasteiger partial charge is 0.490 e. The summed E-state index contributed by atoms with van der Waals surface area (Å²) in [5, 5.41) is 10.2. The van der Waals surface area contributed by atoms with Crippen molar-refractivity contribution in [2.75, 3.05) is 20.2 Å². The van der Waals surface area contributed by atoms with Gasteiger partial charge in [-0.15, -0.1) is 0 Å². The van der Waals surface area contributed by atoms with E-state index in [1.807, 2.05) is 0 Å². The van der Waals surface area contributed by atoms with E-state index < -0.39 is 12.1 Å². The number of halogens is 3. The lowest BCUT2D eigenvalue weighted by Gasteiger charge is -2.12. The monoisotopic (exact) mass is 258 g/mol. The van der Waals surface area contributed by atoms with Gasteiger partial charge in [0.05, 0.1) is 12.0 Å². The smallest absolute Gasteiger partial charge is 0.475 e. The highest BCUT2D eigenvalue weighted by molar-refractivity contribution is 5.78. The molecule has 0 aliphatic carbocycles. The highest BCUT2D eigenvalue weighted by Crippen LogP contribution is 2.13. The zero-order chi connectivity index (χ0) is 13.6. The van der Waals surface area contributed by atoms with Crippen molar-refractivity contribution in [1.82, 2.24) is 5.32 Å². The highest BCUT2D eigenvalue weighted by Gasteiger charge is 2.38. The van der Waals surface area contributed by atoms with Crippen LogP contribution in [0, 0.1) is 5.92 Å². The number of nitrogens with one attached hydrogen (secondary N) is 1. The van der Waals surface area contributed by atoms with Gasteiger partial charge in [-0.05, 0) is 0 Å². The number of carboxylic acids is 1. The number of hydrogen-bond donors (Lipinski definition) is 3. The van der Waals surface area contributed by atoms with Crippen molar-refractivity contribution in [1.29, 1.82) is 0 Å². The molecule has 1 saturated heterocycles. The first-order valence-corrected chi connectivity index (χ1v) is 4.53. The molecule has 0 aromatic rings. The minimum absolute atomic E-state index is 0.0301. The van der Waals surface area contributed by atoms with E-state index in [9.17, 15) is 18.0 Å². The topological polar surface area (TPSA) is 102 Å². The maximum atomic E-state index is 10.7. The molecule has 1 heterocycles. The molecule has 0 bridgehead atoms. The van der Waals surface area contributed by atoms with E-state index in [0.717, 1.165) is 6.54 Å². The summed E-state index contributed by atoms with van der Waals surface area (Å²) >= 11 is 0. The molecule has 0 spiro atoms. The van der Waals surface area contributed by atoms with Gasteiger partial charge in [0.1, 0.15) is 0 Å². The fourth-order valence-electron chi connectivity index (χ4n) is 1.19. The van der Waals surface area contributed by atoms with Crippen LogP contribution in [0.1, 0.15) is 0 Å². The van der Waals surface area contributed by atoms with Crippen molar-refractivity contribution in [2.24, 2.45) is 11.7 Å². The van der Waals surface area contributed by atoms with Crippen LogP contribution >= 0.6 is 0 Å². The van der Waals surface area contributed by atoms with Crippen molar-refractivity contribution >= 4 is 11.9 Å². The standard InChI is InChI=1S/C6H12N2O2.C2HF3O2/c1-10-5-3-8-2-4(5)6(7)9;3-2(4,5)1(6)7/h4-5,8H,2-3H2,1H3,(H2,7,9);(H,6,7)/t4-,5+;/m0./s1. The first-order valence-electron chi connectivity index (χ1n) is 4.53. The molecule has 100 valence electrons. The Morgan fingerprint density at radius 2 is 1.88 bits per heavy atom. The van der Waals surface area contributed by atoms with Gasteiger partial charge in [-0.2, -0.15) is 13.2 Å². The van der Waals surface area contributed by atoms with Gasteiger partial charge in [0.2, 0.25) is 5.91 Å². The number of ether oxygens (including phenoxy) is 1. The third-order valence-corrected chi connectivity index (χ3v) is 2.07. The van der Waals surface area contributed by atoms with E-state index in [1.54, 1.807) is 7.11 Å². The molecule has 0 saturated carbocycles. The number of hydrogen-bond acceptors (Lipinski definition) is 4. The molecule has 1 fully saturated rings. The number of primary amides is 1. The van der Waals surface area contributed by atoms with Crippen molar-refractivity contribution in [3.05, 3.63) is 0 Å². The van der Waals surface area contributed by atoms with Crippen molar-refractivity contribution < 1.29 is 32.6 Å². The molecular weight excluding hydrogens is 245 g/mol. The van der Waals surface area contributed by atoms with E-state index in [-0.39, 0.29) is 17.9 Å². The van der Waals surface area contributed by atoms with Crippen LogP contribution in [0.3, 0.4) is 0 Å². The van der Waals surface area contributed by atoms with Gasteiger partial charge < -0.3 is 20.9 Å². The molecule has 2 atom stereocenters. The third kappa shape index (κ3) is 5.50. The number of nitrogens with two attached hydrogens (primary N) is 1. The summed E-state index contributed by atoms with van der Waals surface area (Å²) in [5.41, 5.74) is 5.10.